The standard InChI is InChI=1S/C11H17N3O/c1-13-8-5-11(9-13)4-2-7-14(11)10-3-6-12-15-10/h3,6H,2,4-5,7-9H2,1H3. The van der Waals surface area contributed by atoms with Gasteiger partial charge in [0.05, 0.1) is 11.7 Å². The first-order chi connectivity index (χ1) is 7.30. The zero-order valence-corrected chi connectivity index (χ0v) is 9.15. The van der Waals surface area contributed by atoms with Crippen LogP contribution in [0.25, 0.3) is 0 Å². The van der Waals surface area contributed by atoms with Crippen LogP contribution in [0.15, 0.2) is 16.8 Å². The third-order valence-corrected chi connectivity index (χ3v) is 3.81. The Morgan fingerprint density at radius 3 is 3.00 bits per heavy atom. The molecule has 0 bridgehead atoms. The third kappa shape index (κ3) is 1.35. The minimum absolute atomic E-state index is 0.328. The lowest BCUT2D eigenvalue weighted by atomic mass is 9.95. The van der Waals surface area contributed by atoms with Gasteiger partial charge in [0.15, 0.2) is 0 Å². The topological polar surface area (TPSA) is 32.5 Å². The van der Waals surface area contributed by atoms with Crippen LogP contribution >= 0.6 is 0 Å². The van der Waals surface area contributed by atoms with Gasteiger partial charge in [-0.25, -0.2) is 0 Å². The van der Waals surface area contributed by atoms with Crippen molar-refractivity contribution in [3.05, 3.63) is 12.3 Å². The second-order valence-corrected chi connectivity index (χ2v) is 4.82. The lowest BCUT2D eigenvalue weighted by Crippen LogP contribution is -2.45. The van der Waals surface area contributed by atoms with Gasteiger partial charge in [-0.1, -0.05) is 5.16 Å². The Balaban J connectivity index is 1.89. The summed E-state index contributed by atoms with van der Waals surface area (Å²) >= 11 is 0. The molecule has 0 saturated carbocycles. The molecule has 4 nitrogen and oxygen atoms in total. The molecule has 1 spiro atoms. The van der Waals surface area contributed by atoms with E-state index in [1.165, 1.54) is 25.8 Å². The summed E-state index contributed by atoms with van der Waals surface area (Å²) in [6.07, 6.45) is 5.55. The summed E-state index contributed by atoms with van der Waals surface area (Å²) in [4.78, 5) is 4.83. The van der Waals surface area contributed by atoms with Crippen molar-refractivity contribution in [1.29, 1.82) is 0 Å². The minimum atomic E-state index is 0.328. The van der Waals surface area contributed by atoms with Crippen LogP contribution in [0.4, 0.5) is 5.88 Å². The quantitative estimate of drug-likeness (QED) is 0.696. The number of aromatic nitrogens is 1. The third-order valence-electron chi connectivity index (χ3n) is 3.81. The summed E-state index contributed by atoms with van der Waals surface area (Å²) in [5, 5.41) is 3.81. The van der Waals surface area contributed by atoms with Gasteiger partial charge in [-0.15, -0.1) is 0 Å². The Kier molecular flexibility index (Phi) is 1.99. The fourth-order valence-corrected chi connectivity index (χ4v) is 3.11. The molecule has 1 unspecified atom stereocenters. The molecule has 1 aromatic heterocycles. The van der Waals surface area contributed by atoms with Crippen molar-refractivity contribution >= 4 is 5.88 Å². The Labute approximate surface area is 89.8 Å². The molecule has 2 aliphatic rings. The molecule has 2 saturated heterocycles. The van der Waals surface area contributed by atoms with Crippen molar-refractivity contribution in [3.63, 3.8) is 0 Å². The zero-order chi connectivity index (χ0) is 10.3. The van der Waals surface area contributed by atoms with Gasteiger partial charge in [0, 0.05) is 25.7 Å². The van der Waals surface area contributed by atoms with E-state index in [4.69, 9.17) is 4.52 Å². The highest BCUT2D eigenvalue weighted by Crippen LogP contribution is 2.39. The average molecular weight is 207 g/mol. The SMILES string of the molecule is CN1CCC2(CCCN2c2ccno2)C1. The number of rotatable bonds is 1. The van der Waals surface area contributed by atoms with E-state index in [9.17, 15) is 0 Å². The highest BCUT2D eigenvalue weighted by atomic mass is 16.5. The van der Waals surface area contributed by atoms with Crippen LogP contribution in [-0.4, -0.2) is 42.3 Å². The molecular formula is C11H17N3O. The summed E-state index contributed by atoms with van der Waals surface area (Å²) in [6, 6.07) is 1.98. The zero-order valence-electron chi connectivity index (χ0n) is 9.15. The molecule has 3 heterocycles. The first-order valence-electron chi connectivity index (χ1n) is 5.67. The second-order valence-electron chi connectivity index (χ2n) is 4.82. The predicted molar refractivity (Wildman–Crippen MR) is 57.9 cm³/mol. The highest BCUT2D eigenvalue weighted by molar-refractivity contribution is 5.41. The van der Waals surface area contributed by atoms with Crippen LogP contribution in [0.2, 0.25) is 0 Å². The summed E-state index contributed by atoms with van der Waals surface area (Å²) in [6.45, 7) is 3.47. The molecule has 0 aliphatic carbocycles. The molecule has 0 aromatic carbocycles. The second kappa shape index (κ2) is 3.23. The molecule has 0 radical (unpaired) electrons. The smallest absolute Gasteiger partial charge is 0.227 e. The number of likely N-dealkylation sites (N-methyl/N-ethyl adjacent to an activating group) is 1. The van der Waals surface area contributed by atoms with Crippen LogP contribution in [0.3, 0.4) is 0 Å². The molecule has 0 N–H and O–H groups in total. The number of hydrogen-bond donors (Lipinski definition) is 0. The lowest BCUT2D eigenvalue weighted by Gasteiger charge is -2.34. The van der Waals surface area contributed by atoms with Crippen molar-refractivity contribution < 1.29 is 4.52 Å². The molecule has 4 heteroatoms. The van der Waals surface area contributed by atoms with Crippen LogP contribution in [0, 0.1) is 0 Å². The maximum Gasteiger partial charge on any atom is 0.227 e. The van der Waals surface area contributed by atoms with Crippen LogP contribution < -0.4 is 4.90 Å². The van der Waals surface area contributed by atoms with E-state index in [0.29, 0.717) is 5.54 Å². The van der Waals surface area contributed by atoms with Crippen molar-refractivity contribution in [2.24, 2.45) is 0 Å². The van der Waals surface area contributed by atoms with Gasteiger partial charge in [-0.3, -0.25) is 0 Å². The fraction of sp³-hybridized carbons (Fsp3) is 0.727. The summed E-state index contributed by atoms with van der Waals surface area (Å²) in [5.74, 6) is 0.947. The van der Waals surface area contributed by atoms with Gasteiger partial charge < -0.3 is 14.3 Å². The van der Waals surface area contributed by atoms with Gasteiger partial charge in [-0.05, 0) is 26.3 Å². The molecule has 2 aliphatic heterocycles. The maximum absolute atomic E-state index is 5.30. The van der Waals surface area contributed by atoms with E-state index in [1.807, 2.05) is 6.07 Å². The van der Waals surface area contributed by atoms with Gasteiger partial charge in [0.25, 0.3) is 0 Å². The normalized spacial score (nSPS) is 31.9. The van der Waals surface area contributed by atoms with Gasteiger partial charge in [0.2, 0.25) is 5.88 Å². The van der Waals surface area contributed by atoms with Gasteiger partial charge in [-0.2, -0.15) is 0 Å². The molecule has 3 rings (SSSR count). The van der Waals surface area contributed by atoms with E-state index >= 15 is 0 Å². The Hall–Kier alpha value is -1.03. The average Bonchev–Trinajstić information content (AvgIpc) is 2.89. The number of nitrogens with zero attached hydrogens (tertiary/aromatic N) is 3. The van der Waals surface area contributed by atoms with E-state index in [0.717, 1.165) is 19.0 Å². The van der Waals surface area contributed by atoms with E-state index in [1.54, 1.807) is 6.20 Å². The Bertz CT molecular complexity index is 338. The first kappa shape index (κ1) is 9.21. The van der Waals surface area contributed by atoms with Gasteiger partial charge >= 0.3 is 0 Å². The van der Waals surface area contributed by atoms with Crippen molar-refractivity contribution in [2.45, 2.75) is 24.8 Å². The Morgan fingerprint density at radius 1 is 1.40 bits per heavy atom. The minimum Gasteiger partial charge on any atom is -0.339 e. The van der Waals surface area contributed by atoms with Crippen LogP contribution in [-0.2, 0) is 0 Å². The number of anilines is 1. The van der Waals surface area contributed by atoms with Gasteiger partial charge in [0.1, 0.15) is 0 Å². The molecule has 1 atom stereocenters. The number of likely N-dealkylation sites (tertiary alicyclic amines) is 1. The van der Waals surface area contributed by atoms with Crippen molar-refractivity contribution in [2.75, 3.05) is 31.6 Å². The molecule has 1 aromatic rings. The fourth-order valence-electron chi connectivity index (χ4n) is 3.11. The summed E-state index contributed by atoms with van der Waals surface area (Å²) in [5.41, 5.74) is 0.328. The lowest BCUT2D eigenvalue weighted by molar-refractivity contribution is 0.345. The monoisotopic (exact) mass is 207 g/mol. The summed E-state index contributed by atoms with van der Waals surface area (Å²) in [7, 11) is 2.20. The van der Waals surface area contributed by atoms with E-state index in [-0.39, 0.29) is 0 Å². The highest BCUT2D eigenvalue weighted by Gasteiger charge is 2.46. The summed E-state index contributed by atoms with van der Waals surface area (Å²) < 4.78 is 5.30. The van der Waals surface area contributed by atoms with Crippen molar-refractivity contribution in [1.82, 2.24) is 10.1 Å². The van der Waals surface area contributed by atoms with E-state index in [2.05, 4.69) is 22.0 Å². The first-order valence-corrected chi connectivity index (χ1v) is 5.67. The molecule has 0 amide bonds. The predicted octanol–water partition coefficient (Wildman–Crippen LogP) is 1.35. The molecule has 15 heavy (non-hydrogen) atoms. The molecule has 82 valence electrons. The Morgan fingerprint density at radius 2 is 2.33 bits per heavy atom. The van der Waals surface area contributed by atoms with E-state index < -0.39 is 0 Å². The van der Waals surface area contributed by atoms with Crippen molar-refractivity contribution in [3.8, 4) is 0 Å². The van der Waals surface area contributed by atoms with Crippen LogP contribution in [0.5, 0.6) is 0 Å². The van der Waals surface area contributed by atoms with Crippen LogP contribution in [0.1, 0.15) is 19.3 Å². The molecule has 2 fully saturated rings. The largest absolute Gasteiger partial charge is 0.339 e. The maximum atomic E-state index is 5.30. The number of hydrogen-bond acceptors (Lipinski definition) is 4. The molecular weight excluding hydrogens is 190 g/mol.